The van der Waals surface area contributed by atoms with Crippen molar-refractivity contribution >= 4 is 23.4 Å². The van der Waals surface area contributed by atoms with Gasteiger partial charge in [-0.15, -0.1) is 11.8 Å². The van der Waals surface area contributed by atoms with Gasteiger partial charge in [0.15, 0.2) is 0 Å². The van der Waals surface area contributed by atoms with Crippen LogP contribution in [0.25, 0.3) is 0 Å². The smallest absolute Gasteiger partial charge is 0.240 e. The van der Waals surface area contributed by atoms with E-state index in [0.29, 0.717) is 6.54 Å². The molecule has 2 rings (SSSR count). The summed E-state index contributed by atoms with van der Waals surface area (Å²) in [5.74, 6) is 1.18. The van der Waals surface area contributed by atoms with Gasteiger partial charge in [0.2, 0.25) is 5.91 Å². The molecule has 1 aromatic carbocycles. The van der Waals surface area contributed by atoms with E-state index in [1.54, 1.807) is 11.8 Å². The van der Waals surface area contributed by atoms with Crippen molar-refractivity contribution in [3.05, 3.63) is 29.8 Å². The van der Waals surface area contributed by atoms with Crippen molar-refractivity contribution in [2.75, 3.05) is 11.1 Å². The van der Waals surface area contributed by atoms with Gasteiger partial charge in [0, 0.05) is 12.2 Å². The highest BCUT2D eigenvalue weighted by Gasteiger charge is 2.37. The molecule has 3 N–H and O–H groups in total. The predicted octanol–water partition coefficient (Wildman–Crippen LogP) is 2.37. The molecule has 92 valence electrons. The van der Waals surface area contributed by atoms with Crippen molar-refractivity contribution in [1.82, 2.24) is 0 Å². The van der Waals surface area contributed by atoms with Crippen molar-refractivity contribution in [1.29, 1.82) is 0 Å². The van der Waals surface area contributed by atoms with Crippen molar-refractivity contribution in [3.8, 4) is 0 Å². The summed E-state index contributed by atoms with van der Waals surface area (Å²) in [5.41, 5.74) is 7.45. The number of benzene rings is 1. The molecule has 0 radical (unpaired) electrons. The number of hydrogen-bond donors (Lipinski definition) is 2. The van der Waals surface area contributed by atoms with Crippen LogP contribution in [0.4, 0.5) is 5.69 Å². The fourth-order valence-electron chi connectivity index (χ4n) is 2.00. The van der Waals surface area contributed by atoms with E-state index in [2.05, 4.69) is 5.32 Å². The molecular weight excluding hydrogens is 232 g/mol. The molecule has 1 atom stereocenters. The molecule has 4 heteroatoms. The average Bonchev–Trinajstić information content (AvgIpc) is 2.78. The number of anilines is 1. The van der Waals surface area contributed by atoms with E-state index in [0.717, 1.165) is 29.8 Å². The minimum absolute atomic E-state index is 0.106. The molecule has 1 aliphatic rings. The topological polar surface area (TPSA) is 55.1 Å². The lowest BCUT2D eigenvalue weighted by Gasteiger charge is -2.21. The van der Waals surface area contributed by atoms with E-state index in [1.165, 1.54) is 0 Å². The second-order valence-corrected chi connectivity index (χ2v) is 6.14. The van der Waals surface area contributed by atoms with Crippen LogP contribution in [0, 0.1) is 0 Å². The first kappa shape index (κ1) is 12.5. The fraction of sp³-hybridized carbons (Fsp3) is 0.462. The number of carbonyl (C=O) groups is 1. The molecule has 3 nitrogen and oxygen atoms in total. The number of rotatable bonds is 3. The Morgan fingerprint density at radius 2 is 2.41 bits per heavy atom. The summed E-state index contributed by atoms with van der Waals surface area (Å²) in [5, 5.41) is 2.98. The Bertz CT molecular complexity index is 414. The Morgan fingerprint density at radius 1 is 1.59 bits per heavy atom. The van der Waals surface area contributed by atoms with Crippen LogP contribution < -0.4 is 11.1 Å². The summed E-state index contributed by atoms with van der Waals surface area (Å²) in [6.07, 6.45) is 2.08. The molecule has 1 aromatic rings. The summed E-state index contributed by atoms with van der Waals surface area (Å²) >= 11 is 1.75. The van der Waals surface area contributed by atoms with Gasteiger partial charge in [0.25, 0.3) is 0 Å². The largest absolute Gasteiger partial charge is 0.326 e. The fourth-order valence-corrected chi connectivity index (χ4v) is 3.21. The van der Waals surface area contributed by atoms with E-state index >= 15 is 0 Å². The Kier molecular flexibility index (Phi) is 3.74. The number of amides is 1. The molecule has 1 saturated heterocycles. The van der Waals surface area contributed by atoms with Crippen molar-refractivity contribution in [2.45, 2.75) is 31.1 Å². The number of hydrogen-bond acceptors (Lipinski definition) is 3. The summed E-state index contributed by atoms with van der Waals surface area (Å²) in [4.78, 5) is 12.2. The first-order valence-electron chi connectivity index (χ1n) is 5.88. The third-order valence-electron chi connectivity index (χ3n) is 3.12. The van der Waals surface area contributed by atoms with Crippen LogP contribution in [0.1, 0.15) is 25.3 Å². The molecule has 1 fully saturated rings. The lowest BCUT2D eigenvalue weighted by molar-refractivity contribution is -0.118. The van der Waals surface area contributed by atoms with E-state index < -0.39 is 0 Å². The molecule has 0 saturated carbocycles. The Labute approximate surface area is 106 Å². The Morgan fingerprint density at radius 3 is 3.06 bits per heavy atom. The lowest BCUT2D eigenvalue weighted by atomic mass is 10.0. The van der Waals surface area contributed by atoms with Crippen molar-refractivity contribution in [3.63, 3.8) is 0 Å². The quantitative estimate of drug-likeness (QED) is 0.866. The second kappa shape index (κ2) is 5.10. The van der Waals surface area contributed by atoms with Gasteiger partial charge in [-0.05, 0) is 43.2 Å². The van der Waals surface area contributed by atoms with Gasteiger partial charge in [-0.1, -0.05) is 12.1 Å². The van der Waals surface area contributed by atoms with Crippen molar-refractivity contribution in [2.24, 2.45) is 5.73 Å². The highest BCUT2D eigenvalue weighted by Crippen LogP contribution is 2.38. The van der Waals surface area contributed by atoms with E-state index in [9.17, 15) is 4.79 Å². The van der Waals surface area contributed by atoms with Crippen LogP contribution in [0.15, 0.2) is 24.3 Å². The molecule has 0 bridgehead atoms. The second-order valence-electron chi connectivity index (χ2n) is 4.54. The number of thioether (sulfide) groups is 1. The third-order valence-corrected chi connectivity index (χ3v) is 4.64. The first-order chi connectivity index (χ1) is 8.14. The monoisotopic (exact) mass is 250 g/mol. The highest BCUT2D eigenvalue weighted by atomic mass is 32.2. The van der Waals surface area contributed by atoms with Gasteiger partial charge in [0.1, 0.15) is 0 Å². The van der Waals surface area contributed by atoms with Gasteiger partial charge in [-0.3, -0.25) is 4.79 Å². The third kappa shape index (κ3) is 2.82. The van der Waals surface area contributed by atoms with Crippen LogP contribution in [-0.4, -0.2) is 16.4 Å². The normalized spacial score (nSPS) is 23.6. The minimum Gasteiger partial charge on any atom is -0.326 e. The van der Waals surface area contributed by atoms with Gasteiger partial charge >= 0.3 is 0 Å². The molecule has 0 spiro atoms. The zero-order valence-corrected chi connectivity index (χ0v) is 10.8. The predicted molar refractivity (Wildman–Crippen MR) is 73.1 cm³/mol. The van der Waals surface area contributed by atoms with Crippen LogP contribution in [0.3, 0.4) is 0 Å². The Hall–Kier alpha value is -1.00. The maximum absolute atomic E-state index is 12.2. The van der Waals surface area contributed by atoms with E-state index in [1.807, 2.05) is 31.2 Å². The van der Waals surface area contributed by atoms with Gasteiger partial charge in [-0.25, -0.2) is 0 Å². The van der Waals surface area contributed by atoms with Crippen LogP contribution in [-0.2, 0) is 11.3 Å². The summed E-state index contributed by atoms with van der Waals surface area (Å²) in [7, 11) is 0. The molecule has 1 unspecified atom stereocenters. The average molecular weight is 250 g/mol. The zero-order valence-electron chi connectivity index (χ0n) is 10.0. The molecule has 0 aromatic heterocycles. The van der Waals surface area contributed by atoms with Gasteiger partial charge in [0.05, 0.1) is 4.75 Å². The SMILES string of the molecule is CC1(C(=O)Nc2cccc(CN)c2)CCCS1. The molecule has 0 aliphatic carbocycles. The number of nitrogens with one attached hydrogen (secondary N) is 1. The summed E-state index contributed by atoms with van der Waals surface area (Å²) in [6.45, 7) is 2.52. The molecule has 1 heterocycles. The van der Waals surface area contributed by atoms with Gasteiger partial charge in [-0.2, -0.15) is 0 Å². The van der Waals surface area contributed by atoms with Crippen molar-refractivity contribution < 1.29 is 4.79 Å². The standard InChI is InChI=1S/C13H18N2OS/c1-13(6-3-7-17-13)12(16)15-11-5-2-4-10(8-11)9-14/h2,4-5,8H,3,6-7,9,14H2,1H3,(H,15,16). The Balaban J connectivity index is 2.07. The van der Waals surface area contributed by atoms with Crippen LogP contribution >= 0.6 is 11.8 Å². The molecule has 17 heavy (non-hydrogen) atoms. The van der Waals surface area contributed by atoms with Crippen LogP contribution in [0.2, 0.25) is 0 Å². The van der Waals surface area contributed by atoms with Crippen LogP contribution in [0.5, 0.6) is 0 Å². The minimum atomic E-state index is -0.265. The number of carbonyl (C=O) groups excluding carboxylic acids is 1. The lowest BCUT2D eigenvalue weighted by Crippen LogP contribution is -2.34. The molecule has 1 aliphatic heterocycles. The maximum atomic E-state index is 12.2. The number of nitrogens with two attached hydrogens (primary N) is 1. The van der Waals surface area contributed by atoms with E-state index in [4.69, 9.17) is 5.73 Å². The van der Waals surface area contributed by atoms with E-state index in [-0.39, 0.29) is 10.7 Å². The summed E-state index contributed by atoms with van der Waals surface area (Å²) in [6, 6.07) is 7.71. The van der Waals surface area contributed by atoms with Gasteiger partial charge < -0.3 is 11.1 Å². The highest BCUT2D eigenvalue weighted by molar-refractivity contribution is 8.01. The molecule has 1 amide bonds. The summed E-state index contributed by atoms with van der Waals surface area (Å²) < 4.78 is -0.265. The zero-order chi connectivity index (χ0) is 12.3. The first-order valence-corrected chi connectivity index (χ1v) is 6.87. The molecular formula is C13H18N2OS. The maximum Gasteiger partial charge on any atom is 0.240 e.